The second-order valence-corrected chi connectivity index (χ2v) is 7.18. The van der Waals surface area contributed by atoms with Crippen LogP contribution in [0.2, 0.25) is 5.02 Å². The quantitative estimate of drug-likeness (QED) is 0.712. The fraction of sp³-hybridized carbons (Fsp3) is 0.471. The molecule has 1 saturated carbocycles. The molecule has 1 saturated heterocycles. The summed E-state index contributed by atoms with van der Waals surface area (Å²) in [6, 6.07) is 2.11. The number of hydrogen-bond donors (Lipinski definition) is 3. The molecule has 0 radical (unpaired) electrons. The Morgan fingerprint density at radius 1 is 1.44 bits per heavy atom. The molecule has 3 aliphatic rings. The summed E-state index contributed by atoms with van der Waals surface area (Å²) in [5.41, 5.74) is 0.629. The molecule has 2 fully saturated rings. The number of urea groups is 2. The predicted octanol–water partition coefficient (Wildman–Crippen LogP) is 1.66. The van der Waals surface area contributed by atoms with E-state index in [1.54, 1.807) is 19.1 Å². The van der Waals surface area contributed by atoms with E-state index in [1.807, 2.05) is 0 Å². The van der Waals surface area contributed by atoms with E-state index in [9.17, 15) is 14.4 Å². The van der Waals surface area contributed by atoms with E-state index in [0.29, 0.717) is 16.1 Å². The Hall–Kier alpha value is -2.28. The first-order chi connectivity index (χ1) is 12.6. The Balaban J connectivity index is 1.52. The number of fused-ring (bicyclic) bond motifs is 1. The molecule has 25 heavy (non-hydrogen) atoms. The molecule has 4 rings (SSSR count). The van der Waals surface area contributed by atoms with E-state index in [2.05, 4.69) is 16.0 Å². The molecule has 1 aliphatic carbocycles. The fourth-order valence-corrected chi connectivity index (χ4v) is 3.57. The van der Waals surface area contributed by atoms with Crippen LogP contribution in [0, 0.1) is 12.8 Å². The molecule has 2 heterocycles. The number of amides is 5. The summed E-state index contributed by atoms with van der Waals surface area (Å²) < 4.78 is 16.7. The van der Waals surface area contributed by atoms with Crippen LogP contribution >= 0.6 is 11.6 Å². The monoisotopic (exact) mass is 364 g/mol. The van der Waals surface area contributed by atoms with Gasteiger partial charge in [0.25, 0.3) is 5.91 Å². The molecule has 0 aromatic heterocycles. The molecule has 1 atom stereocenters. The highest BCUT2D eigenvalue weighted by Gasteiger charge is 2.56. The second kappa shape index (κ2) is 5.62. The summed E-state index contributed by atoms with van der Waals surface area (Å²) in [6.45, 7) is -0.231. The van der Waals surface area contributed by atoms with Gasteiger partial charge in [-0.25, -0.2) is 9.59 Å². The van der Waals surface area contributed by atoms with E-state index in [1.165, 1.54) is 0 Å². The van der Waals surface area contributed by atoms with E-state index < -0.39 is 30.0 Å². The maximum atomic E-state index is 12.7. The summed E-state index contributed by atoms with van der Waals surface area (Å²) >= 11 is 6.12. The van der Waals surface area contributed by atoms with Gasteiger partial charge in [-0.05, 0) is 48.4 Å². The van der Waals surface area contributed by atoms with Gasteiger partial charge in [-0.15, -0.1) is 0 Å². The summed E-state index contributed by atoms with van der Waals surface area (Å²) in [5.74, 6) is -0.483. The average molecular weight is 365 g/mol. The van der Waals surface area contributed by atoms with Crippen molar-refractivity contribution >= 4 is 29.6 Å². The van der Waals surface area contributed by atoms with Crippen molar-refractivity contribution in [3.63, 3.8) is 0 Å². The van der Waals surface area contributed by atoms with E-state index in [0.717, 1.165) is 23.3 Å². The molecule has 132 valence electrons. The molecule has 0 bridgehead atoms. The number of imide groups is 1. The van der Waals surface area contributed by atoms with E-state index in [-0.39, 0.29) is 19.0 Å². The molecule has 0 unspecified atom stereocenters. The number of rotatable bonds is 3. The normalized spacial score (nSPS) is 28.0. The average Bonchev–Trinajstić information content (AvgIpc) is 3.35. The van der Waals surface area contributed by atoms with Crippen LogP contribution < -0.4 is 16.0 Å². The molecular formula is C17H19ClN4O3. The Bertz CT molecular complexity index is 874. The van der Waals surface area contributed by atoms with Gasteiger partial charge in [0.15, 0.2) is 0 Å². The zero-order valence-electron chi connectivity index (χ0n) is 15.6. The van der Waals surface area contributed by atoms with Gasteiger partial charge in [-0.3, -0.25) is 10.1 Å². The standard InChI is InChI=1S/C17H19ClN4O3/c1-9-4-10-6-22(7-11(10)5-13(9)18)16(25)19-8-17(12-2-3-12)14(23)20-15(24)21-17/h4-5,12H,2-3,6-8H2,1H3,(H,19,25)(H2,20,21,23,24)/t17-/m0/s1/i6D2. The minimum atomic E-state index is -2.00. The van der Waals surface area contributed by atoms with Crippen LogP contribution in [0.5, 0.6) is 0 Å². The molecule has 0 spiro atoms. The lowest BCUT2D eigenvalue weighted by molar-refractivity contribution is -0.124. The van der Waals surface area contributed by atoms with Crippen LogP contribution in [0.3, 0.4) is 0 Å². The summed E-state index contributed by atoms with van der Waals surface area (Å²) in [7, 11) is 0. The second-order valence-electron chi connectivity index (χ2n) is 6.77. The van der Waals surface area contributed by atoms with Crippen molar-refractivity contribution in [2.45, 2.75) is 38.3 Å². The van der Waals surface area contributed by atoms with Gasteiger partial charge in [0, 0.05) is 18.1 Å². The van der Waals surface area contributed by atoms with Crippen molar-refractivity contribution in [3.05, 3.63) is 33.8 Å². The van der Waals surface area contributed by atoms with Crippen LogP contribution in [0.25, 0.3) is 0 Å². The fourth-order valence-electron chi connectivity index (χ4n) is 3.38. The van der Waals surface area contributed by atoms with Gasteiger partial charge < -0.3 is 15.5 Å². The zero-order chi connectivity index (χ0) is 19.6. The van der Waals surface area contributed by atoms with Crippen molar-refractivity contribution in [2.75, 3.05) is 6.54 Å². The van der Waals surface area contributed by atoms with Crippen LogP contribution in [0.4, 0.5) is 9.59 Å². The number of nitrogens with zero attached hydrogens (tertiary/aromatic N) is 1. The van der Waals surface area contributed by atoms with Crippen LogP contribution in [-0.4, -0.2) is 35.0 Å². The number of nitrogens with one attached hydrogen (secondary N) is 3. The van der Waals surface area contributed by atoms with E-state index in [4.69, 9.17) is 14.3 Å². The largest absolute Gasteiger partial charge is 0.335 e. The minimum absolute atomic E-state index is 0.0294. The van der Waals surface area contributed by atoms with Gasteiger partial charge >= 0.3 is 12.1 Å². The lowest BCUT2D eigenvalue weighted by Gasteiger charge is -2.27. The van der Waals surface area contributed by atoms with Gasteiger partial charge in [0.2, 0.25) is 0 Å². The zero-order valence-corrected chi connectivity index (χ0v) is 14.4. The van der Waals surface area contributed by atoms with Gasteiger partial charge in [-0.2, -0.15) is 0 Å². The molecule has 5 amide bonds. The Morgan fingerprint density at radius 2 is 2.20 bits per heavy atom. The Morgan fingerprint density at radius 3 is 2.84 bits per heavy atom. The third-order valence-corrected chi connectivity index (χ3v) is 5.38. The number of halogens is 1. The first-order valence-corrected chi connectivity index (χ1v) is 8.51. The van der Waals surface area contributed by atoms with Gasteiger partial charge in [-0.1, -0.05) is 17.7 Å². The summed E-state index contributed by atoms with van der Waals surface area (Å²) in [6.07, 6.45) is 1.58. The van der Waals surface area contributed by atoms with Crippen molar-refractivity contribution in [2.24, 2.45) is 5.92 Å². The van der Waals surface area contributed by atoms with Crippen molar-refractivity contribution in [1.82, 2.24) is 20.9 Å². The first kappa shape index (κ1) is 13.9. The van der Waals surface area contributed by atoms with Crippen LogP contribution in [0.1, 0.15) is 32.3 Å². The lowest BCUT2D eigenvalue weighted by atomic mass is 9.93. The third kappa shape index (κ3) is 2.72. The molecular weight excluding hydrogens is 344 g/mol. The third-order valence-electron chi connectivity index (χ3n) is 4.98. The molecule has 7 nitrogen and oxygen atoms in total. The van der Waals surface area contributed by atoms with E-state index >= 15 is 0 Å². The van der Waals surface area contributed by atoms with Crippen molar-refractivity contribution < 1.29 is 17.1 Å². The maximum absolute atomic E-state index is 12.7. The van der Waals surface area contributed by atoms with Crippen LogP contribution in [-0.2, 0) is 17.8 Å². The number of benzene rings is 1. The SMILES string of the molecule is [2H]C1([2H])c2cc(C)c(Cl)cc2CN1C(=O)NC[C@@]1(C2CC2)NC(=O)NC1=O. The highest BCUT2D eigenvalue weighted by molar-refractivity contribution is 6.31. The lowest BCUT2D eigenvalue weighted by Crippen LogP contribution is -2.58. The number of hydrogen-bond acceptors (Lipinski definition) is 3. The van der Waals surface area contributed by atoms with Gasteiger partial charge in [0.05, 0.1) is 9.29 Å². The smallest absolute Gasteiger partial charge is 0.322 e. The highest BCUT2D eigenvalue weighted by Crippen LogP contribution is 2.41. The number of aryl methyl sites for hydroxylation is 1. The van der Waals surface area contributed by atoms with Crippen molar-refractivity contribution in [3.8, 4) is 0 Å². The molecule has 2 aliphatic heterocycles. The first-order valence-electron chi connectivity index (χ1n) is 9.14. The maximum Gasteiger partial charge on any atom is 0.322 e. The van der Waals surface area contributed by atoms with Gasteiger partial charge in [0.1, 0.15) is 5.54 Å². The Kier molecular flexibility index (Phi) is 3.14. The highest BCUT2D eigenvalue weighted by atomic mass is 35.5. The summed E-state index contributed by atoms with van der Waals surface area (Å²) in [4.78, 5) is 37.6. The topological polar surface area (TPSA) is 90.5 Å². The molecule has 1 aromatic rings. The Labute approximate surface area is 152 Å². The summed E-state index contributed by atoms with van der Waals surface area (Å²) in [5, 5.41) is 8.01. The van der Waals surface area contributed by atoms with Crippen LogP contribution in [0.15, 0.2) is 12.1 Å². The predicted molar refractivity (Wildman–Crippen MR) is 91.0 cm³/mol. The molecule has 8 heteroatoms. The molecule has 3 N–H and O–H groups in total. The van der Waals surface area contributed by atoms with Crippen molar-refractivity contribution in [1.29, 1.82) is 0 Å². The number of carbonyl (C=O) groups excluding carboxylic acids is 3. The number of carbonyl (C=O) groups is 3. The molecule has 1 aromatic carbocycles. The minimum Gasteiger partial charge on any atom is -0.335 e.